The van der Waals surface area contributed by atoms with E-state index >= 15 is 0 Å². The van der Waals surface area contributed by atoms with Gasteiger partial charge in [-0.1, -0.05) is 40.3 Å². The van der Waals surface area contributed by atoms with Gasteiger partial charge in [0.15, 0.2) is 0 Å². The number of hydrogen-bond acceptors (Lipinski definition) is 2. The molecule has 1 amide bonds. The molecule has 0 heterocycles. The van der Waals surface area contributed by atoms with Crippen LogP contribution < -0.4 is 11.1 Å². The van der Waals surface area contributed by atoms with E-state index in [0.717, 1.165) is 20.9 Å². The summed E-state index contributed by atoms with van der Waals surface area (Å²) in [5.74, 6) is -0.667. The second kappa shape index (κ2) is 5.67. The number of halogens is 1. The molecule has 0 radical (unpaired) electrons. The number of carbonyl (C=O) groups is 1. The first-order valence-corrected chi connectivity index (χ1v) is 6.97. The maximum Gasteiger partial charge on any atom is 0.234 e. The highest BCUT2D eigenvalue weighted by molar-refractivity contribution is 9.10. The van der Waals surface area contributed by atoms with Crippen molar-refractivity contribution < 1.29 is 4.79 Å². The molecule has 5 heteroatoms. The van der Waals surface area contributed by atoms with Gasteiger partial charge >= 0.3 is 0 Å². The maximum absolute atomic E-state index is 11.9. The summed E-state index contributed by atoms with van der Waals surface area (Å²) in [5, 5.41) is 4.98. The van der Waals surface area contributed by atoms with E-state index in [9.17, 15) is 4.79 Å². The van der Waals surface area contributed by atoms with Gasteiger partial charge in [0.1, 0.15) is 0 Å². The molecule has 0 fully saturated rings. The molecule has 19 heavy (non-hydrogen) atoms. The Labute approximate surface area is 125 Å². The monoisotopic (exact) mass is 336 g/mol. The maximum atomic E-state index is 11.9. The molecule has 0 bridgehead atoms. The summed E-state index contributed by atoms with van der Waals surface area (Å²) in [7, 11) is 0. The molecule has 1 atom stereocenters. The lowest BCUT2D eigenvalue weighted by molar-refractivity contribution is -0.117. The van der Waals surface area contributed by atoms with Crippen LogP contribution in [0.5, 0.6) is 0 Å². The van der Waals surface area contributed by atoms with Gasteiger partial charge in [-0.05, 0) is 42.0 Å². The van der Waals surface area contributed by atoms with E-state index in [-0.39, 0.29) is 10.9 Å². The minimum Gasteiger partial charge on any atom is -0.393 e. The van der Waals surface area contributed by atoms with Gasteiger partial charge in [0, 0.05) is 10.2 Å². The summed E-state index contributed by atoms with van der Waals surface area (Å²) in [5.41, 5.74) is 6.20. The molecule has 3 N–H and O–H groups in total. The summed E-state index contributed by atoms with van der Waals surface area (Å²) >= 11 is 8.24. The Balaban J connectivity index is 2.25. The molecule has 0 aromatic heterocycles. The van der Waals surface area contributed by atoms with Crippen molar-refractivity contribution >= 4 is 55.5 Å². The quantitative estimate of drug-likeness (QED) is 0.844. The molecular weight excluding hydrogens is 324 g/mol. The Morgan fingerprint density at radius 2 is 1.89 bits per heavy atom. The van der Waals surface area contributed by atoms with Crippen LogP contribution in [0, 0.1) is 5.92 Å². The van der Waals surface area contributed by atoms with E-state index in [1.165, 1.54) is 0 Å². The van der Waals surface area contributed by atoms with E-state index in [1.807, 2.05) is 36.4 Å². The van der Waals surface area contributed by atoms with Crippen molar-refractivity contribution in [3.05, 3.63) is 40.9 Å². The predicted molar refractivity (Wildman–Crippen MR) is 86.2 cm³/mol. The van der Waals surface area contributed by atoms with Crippen LogP contribution in [0.15, 0.2) is 40.9 Å². The zero-order valence-electron chi connectivity index (χ0n) is 10.3. The molecule has 1 unspecified atom stereocenters. The molecule has 2 aromatic rings. The normalized spacial score (nSPS) is 12.1. The summed E-state index contributed by atoms with van der Waals surface area (Å²) in [6.45, 7) is 1.69. The lowest BCUT2D eigenvalue weighted by Crippen LogP contribution is -2.30. The number of anilines is 1. The van der Waals surface area contributed by atoms with Gasteiger partial charge in [-0.25, -0.2) is 0 Å². The third-order valence-corrected chi connectivity index (χ3v) is 3.74. The highest BCUT2D eigenvalue weighted by Gasteiger charge is 2.15. The van der Waals surface area contributed by atoms with Crippen molar-refractivity contribution in [2.45, 2.75) is 6.92 Å². The summed E-state index contributed by atoms with van der Waals surface area (Å²) in [6, 6.07) is 11.7. The van der Waals surface area contributed by atoms with Crippen LogP contribution in [0.3, 0.4) is 0 Å². The van der Waals surface area contributed by atoms with Gasteiger partial charge in [-0.3, -0.25) is 4.79 Å². The molecule has 98 valence electrons. The van der Waals surface area contributed by atoms with Crippen molar-refractivity contribution in [2.75, 3.05) is 5.32 Å². The van der Waals surface area contributed by atoms with Crippen molar-refractivity contribution in [1.29, 1.82) is 0 Å². The van der Waals surface area contributed by atoms with Gasteiger partial charge in [0.25, 0.3) is 0 Å². The first kappa shape index (κ1) is 14.0. The van der Waals surface area contributed by atoms with Gasteiger partial charge in [-0.15, -0.1) is 0 Å². The van der Waals surface area contributed by atoms with Crippen LogP contribution in [0.1, 0.15) is 6.92 Å². The fourth-order valence-corrected chi connectivity index (χ4v) is 2.16. The van der Waals surface area contributed by atoms with Crippen molar-refractivity contribution in [2.24, 2.45) is 11.7 Å². The number of rotatable bonds is 3. The Morgan fingerprint density at radius 1 is 1.26 bits per heavy atom. The molecule has 3 nitrogen and oxygen atoms in total. The fraction of sp³-hybridized carbons (Fsp3) is 0.143. The molecule has 0 aliphatic heterocycles. The summed E-state index contributed by atoms with van der Waals surface area (Å²) in [6.07, 6.45) is 0. The average Bonchev–Trinajstić information content (AvgIpc) is 2.37. The van der Waals surface area contributed by atoms with E-state index in [4.69, 9.17) is 18.0 Å². The Morgan fingerprint density at radius 3 is 2.58 bits per heavy atom. The highest BCUT2D eigenvalue weighted by atomic mass is 79.9. The fourth-order valence-electron chi connectivity index (χ4n) is 1.67. The lowest BCUT2D eigenvalue weighted by Gasteiger charge is -2.11. The number of hydrogen-bond donors (Lipinski definition) is 2. The summed E-state index contributed by atoms with van der Waals surface area (Å²) < 4.78 is 1.03. The van der Waals surface area contributed by atoms with E-state index in [0.29, 0.717) is 0 Å². The van der Waals surface area contributed by atoms with Gasteiger partial charge in [0.05, 0.1) is 10.9 Å². The lowest BCUT2D eigenvalue weighted by atomic mass is 10.1. The number of carbonyl (C=O) groups excluding carboxylic acids is 1. The minimum absolute atomic E-state index is 0.191. The SMILES string of the molecule is CC(C(=O)Nc1ccc2cc(Br)ccc2c1)C(N)=S. The second-order valence-electron chi connectivity index (χ2n) is 4.32. The largest absolute Gasteiger partial charge is 0.393 e. The number of nitrogens with two attached hydrogens (primary N) is 1. The molecule has 0 spiro atoms. The van der Waals surface area contributed by atoms with Crippen LogP contribution >= 0.6 is 28.1 Å². The number of benzene rings is 2. The highest BCUT2D eigenvalue weighted by Crippen LogP contribution is 2.23. The smallest absolute Gasteiger partial charge is 0.234 e. The van der Waals surface area contributed by atoms with Crippen molar-refractivity contribution in [1.82, 2.24) is 0 Å². The molecule has 0 saturated heterocycles. The molecular formula is C14H13BrN2OS. The number of amides is 1. The zero-order chi connectivity index (χ0) is 14.0. The number of thiocarbonyl (C=S) groups is 1. The zero-order valence-corrected chi connectivity index (χ0v) is 12.7. The topological polar surface area (TPSA) is 55.1 Å². The van der Waals surface area contributed by atoms with Gasteiger partial charge in [0.2, 0.25) is 5.91 Å². The van der Waals surface area contributed by atoms with Crippen LogP contribution in [0.2, 0.25) is 0 Å². The minimum atomic E-state index is -0.476. The van der Waals surface area contributed by atoms with Gasteiger partial charge in [-0.2, -0.15) is 0 Å². The van der Waals surface area contributed by atoms with E-state index < -0.39 is 5.92 Å². The Kier molecular flexibility index (Phi) is 4.17. The summed E-state index contributed by atoms with van der Waals surface area (Å²) in [4.78, 5) is 12.1. The van der Waals surface area contributed by atoms with Crippen LogP contribution in [0.4, 0.5) is 5.69 Å². The first-order valence-electron chi connectivity index (χ1n) is 5.77. The Hall–Kier alpha value is -1.46. The Bertz CT molecular complexity index is 657. The van der Waals surface area contributed by atoms with Gasteiger partial charge < -0.3 is 11.1 Å². The predicted octanol–water partition coefficient (Wildman–Crippen LogP) is 3.46. The average molecular weight is 337 g/mol. The third-order valence-electron chi connectivity index (χ3n) is 2.89. The third kappa shape index (κ3) is 3.30. The number of nitrogens with one attached hydrogen (secondary N) is 1. The molecule has 0 aliphatic carbocycles. The standard InChI is InChI=1S/C14H13BrN2OS/c1-8(13(16)19)14(18)17-12-5-3-9-6-11(15)4-2-10(9)7-12/h2-8H,1H3,(H2,16,19)(H,17,18). The number of fused-ring (bicyclic) bond motifs is 1. The van der Waals surface area contributed by atoms with Crippen LogP contribution in [-0.4, -0.2) is 10.9 Å². The van der Waals surface area contributed by atoms with Crippen molar-refractivity contribution in [3.63, 3.8) is 0 Å². The van der Waals surface area contributed by atoms with E-state index in [1.54, 1.807) is 6.92 Å². The second-order valence-corrected chi connectivity index (χ2v) is 5.71. The molecule has 0 aliphatic rings. The van der Waals surface area contributed by atoms with Crippen molar-refractivity contribution in [3.8, 4) is 0 Å². The van der Waals surface area contributed by atoms with Crippen LogP contribution in [-0.2, 0) is 4.79 Å². The molecule has 0 saturated carbocycles. The molecule has 2 aromatic carbocycles. The van der Waals surface area contributed by atoms with E-state index in [2.05, 4.69) is 21.2 Å². The first-order chi connectivity index (χ1) is 8.97. The molecule has 2 rings (SSSR count). The van der Waals surface area contributed by atoms with Crippen LogP contribution in [0.25, 0.3) is 10.8 Å².